The van der Waals surface area contributed by atoms with E-state index in [1.807, 2.05) is 6.92 Å². The van der Waals surface area contributed by atoms with E-state index in [1.54, 1.807) is 0 Å². The van der Waals surface area contributed by atoms with Crippen molar-refractivity contribution in [2.75, 3.05) is 0 Å². The van der Waals surface area contributed by atoms with Gasteiger partial charge < -0.3 is 10.2 Å². The SMILES string of the molecule is CCC1CC2CCCCC2C(C(=O)O)(C(=O)O)C1. The number of hydrogen-bond acceptors (Lipinski definition) is 2. The molecular weight excluding hydrogens is 232 g/mol. The maximum absolute atomic E-state index is 11.7. The van der Waals surface area contributed by atoms with Crippen molar-refractivity contribution in [1.82, 2.24) is 0 Å². The summed E-state index contributed by atoms with van der Waals surface area (Å²) in [4.78, 5) is 23.3. The average molecular weight is 254 g/mol. The zero-order chi connectivity index (χ0) is 13.3. The second-order valence-corrected chi connectivity index (χ2v) is 5.95. The Labute approximate surface area is 107 Å². The molecule has 0 bridgehead atoms. The average Bonchev–Trinajstić information content (AvgIpc) is 2.36. The fraction of sp³-hybridized carbons (Fsp3) is 0.857. The third-order valence-corrected chi connectivity index (χ3v) is 5.13. The molecule has 18 heavy (non-hydrogen) atoms. The zero-order valence-electron chi connectivity index (χ0n) is 10.9. The molecule has 0 amide bonds. The van der Waals surface area contributed by atoms with Gasteiger partial charge in [0.05, 0.1) is 0 Å². The zero-order valence-corrected chi connectivity index (χ0v) is 10.9. The Hall–Kier alpha value is -1.06. The van der Waals surface area contributed by atoms with Gasteiger partial charge in [-0.2, -0.15) is 0 Å². The summed E-state index contributed by atoms with van der Waals surface area (Å²) in [5, 5.41) is 19.1. The predicted molar refractivity (Wildman–Crippen MR) is 66.2 cm³/mol. The van der Waals surface area contributed by atoms with Crippen molar-refractivity contribution < 1.29 is 19.8 Å². The monoisotopic (exact) mass is 254 g/mol. The summed E-state index contributed by atoms with van der Waals surface area (Å²) in [6, 6.07) is 0. The van der Waals surface area contributed by atoms with Crippen molar-refractivity contribution in [2.24, 2.45) is 23.2 Å². The molecule has 2 saturated carbocycles. The highest BCUT2D eigenvalue weighted by Crippen LogP contribution is 2.53. The van der Waals surface area contributed by atoms with Crippen LogP contribution >= 0.6 is 0 Å². The smallest absolute Gasteiger partial charge is 0.321 e. The second kappa shape index (κ2) is 4.90. The van der Waals surface area contributed by atoms with Gasteiger partial charge in [0.2, 0.25) is 0 Å². The molecule has 0 aliphatic heterocycles. The molecule has 0 heterocycles. The number of hydrogen-bond donors (Lipinski definition) is 2. The lowest BCUT2D eigenvalue weighted by molar-refractivity contribution is -0.179. The molecule has 102 valence electrons. The number of carbonyl (C=O) groups is 2. The van der Waals surface area contributed by atoms with Crippen LogP contribution in [0.25, 0.3) is 0 Å². The van der Waals surface area contributed by atoms with Crippen LogP contribution in [0.1, 0.15) is 51.9 Å². The minimum atomic E-state index is -1.52. The fourth-order valence-corrected chi connectivity index (χ4v) is 4.15. The van der Waals surface area contributed by atoms with Gasteiger partial charge in [-0.3, -0.25) is 9.59 Å². The van der Waals surface area contributed by atoms with Gasteiger partial charge in [0, 0.05) is 0 Å². The number of rotatable bonds is 3. The van der Waals surface area contributed by atoms with Gasteiger partial charge in [-0.05, 0) is 37.0 Å². The summed E-state index contributed by atoms with van der Waals surface area (Å²) >= 11 is 0. The standard InChI is InChI=1S/C14H22O4/c1-2-9-7-10-5-3-4-6-11(10)14(8-9,12(15)16)13(17)18/h9-11H,2-8H2,1H3,(H,15,16)(H,17,18). The topological polar surface area (TPSA) is 74.6 Å². The first-order valence-corrected chi connectivity index (χ1v) is 6.99. The van der Waals surface area contributed by atoms with E-state index in [2.05, 4.69) is 0 Å². The maximum Gasteiger partial charge on any atom is 0.321 e. The van der Waals surface area contributed by atoms with E-state index < -0.39 is 17.4 Å². The highest BCUT2D eigenvalue weighted by atomic mass is 16.4. The molecule has 2 fully saturated rings. The van der Waals surface area contributed by atoms with Crippen LogP contribution in [0, 0.1) is 23.2 Å². The van der Waals surface area contributed by atoms with Crippen molar-refractivity contribution in [3.8, 4) is 0 Å². The first-order chi connectivity index (χ1) is 8.52. The number of carboxylic acid groups (broad SMARTS) is 2. The van der Waals surface area contributed by atoms with Crippen LogP contribution in [-0.2, 0) is 9.59 Å². The van der Waals surface area contributed by atoms with Gasteiger partial charge in [-0.1, -0.05) is 32.6 Å². The minimum absolute atomic E-state index is 0.163. The number of carboxylic acids is 2. The van der Waals surface area contributed by atoms with Crippen molar-refractivity contribution >= 4 is 11.9 Å². The number of aliphatic carboxylic acids is 2. The summed E-state index contributed by atoms with van der Waals surface area (Å²) in [5.74, 6) is -1.86. The fourth-order valence-electron chi connectivity index (χ4n) is 4.15. The van der Waals surface area contributed by atoms with Crippen LogP contribution in [-0.4, -0.2) is 22.2 Å². The minimum Gasteiger partial charge on any atom is -0.480 e. The summed E-state index contributed by atoms with van der Waals surface area (Å²) < 4.78 is 0. The first kappa shape index (κ1) is 13.4. The molecule has 0 aromatic heterocycles. The third kappa shape index (κ3) is 1.91. The Morgan fingerprint density at radius 3 is 2.33 bits per heavy atom. The van der Waals surface area contributed by atoms with E-state index in [-0.39, 0.29) is 11.8 Å². The molecule has 0 saturated heterocycles. The molecule has 0 radical (unpaired) electrons. The molecule has 2 aliphatic carbocycles. The Kier molecular flexibility index (Phi) is 3.64. The molecule has 2 N–H and O–H groups in total. The van der Waals surface area contributed by atoms with E-state index in [1.165, 1.54) is 0 Å². The molecule has 0 aromatic rings. The van der Waals surface area contributed by atoms with E-state index >= 15 is 0 Å². The molecule has 0 spiro atoms. The third-order valence-electron chi connectivity index (χ3n) is 5.13. The van der Waals surface area contributed by atoms with Gasteiger partial charge in [0.1, 0.15) is 0 Å². The summed E-state index contributed by atoms with van der Waals surface area (Å²) in [7, 11) is 0. The van der Waals surface area contributed by atoms with Gasteiger partial charge in [0.15, 0.2) is 5.41 Å². The summed E-state index contributed by atoms with van der Waals surface area (Å²) in [6.45, 7) is 2.03. The maximum atomic E-state index is 11.7. The molecule has 2 rings (SSSR count). The molecular formula is C14H22O4. The van der Waals surface area contributed by atoms with Crippen LogP contribution in [0.3, 0.4) is 0 Å². The first-order valence-electron chi connectivity index (χ1n) is 6.99. The normalized spacial score (nSPS) is 34.6. The van der Waals surface area contributed by atoms with E-state index in [4.69, 9.17) is 0 Å². The van der Waals surface area contributed by atoms with Crippen molar-refractivity contribution in [3.05, 3.63) is 0 Å². The van der Waals surface area contributed by atoms with Gasteiger partial charge in [-0.15, -0.1) is 0 Å². The summed E-state index contributed by atoms with van der Waals surface area (Å²) in [6.07, 6.45) is 6.07. The molecule has 0 aromatic carbocycles. The van der Waals surface area contributed by atoms with Crippen molar-refractivity contribution in [1.29, 1.82) is 0 Å². The van der Waals surface area contributed by atoms with Gasteiger partial charge in [-0.25, -0.2) is 0 Å². The summed E-state index contributed by atoms with van der Waals surface area (Å²) in [5.41, 5.74) is -1.52. The Bertz CT molecular complexity index is 336. The largest absolute Gasteiger partial charge is 0.480 e. The quantitative estimate of drug-likeness (QED) is 0.759. The van der Waals surface area contributed by atoms with Crippen LogP contribution in [0.15, 0.2) is 0 Å². The molecule has 3 unspecified atom stereocenters. The van der Waals surface area contributed by atoms with E-state index in [0.29, 0.717) is 12.3 Å². The van der Waals surface area contributed by atoms with Crippen molar-refractivity contribution in [2.45, 2.75) is 51.9 Å². The van der Waals surface area contributed by atoms with Crippen LogP contribution < -0.4 is 0 Å². The Balaban J connectivity index is 2.38. The molecule has 4 heteroatoms. The molecule has 4 nitrogen and oxygen atoms in total. The highest BCUT2D eigenvalue weighted by molar-refractivity contribution is 5.98. The second-order valence-electron chi connectivity index (χ2n) is 5.95. The van der Waals surface area contributed by atoms with E-state index in [0.717, 1.165) is 38.5 Å². The molecule has 3 atom stereocenters. The Morgan fingerprint density at radius 2 is 1.78 bits per heavy atom. The predicted octanol–water partition coefficient (Wildman–Crippen LogP) is 2.77. The lowest BCUT2D eigenvalue weighted by Crippen LogP contribution is -2.53. The van der Waals surface area contributed by atoms with Crippen LogP contribution in [0.2, 0.25) is 0 Å². The van der Waals surface area contributed by atoms with Gasteiger partial charge in [0.25, 0.3) is 0 Å². The number of fused-ring (bicyclic) bond motifs is 1. The van der Waals surface area contributed by atoms with Gasteiger partial charge >= 0.3 is 11.9 Å². The lowest BCUT2D eigenvalue weighted by atomic mass is 9.54. The highest BCUT2D eigenvalue weighted by Gasteiger charge is 2.58. The molecule has 2 aliphatic rings. The van der Waals surface area contributed by atoms with Crippen LogP contribution in [0.4, 0.5) is 0 Å². The van der Waals surface area contributed by atoms with Crippen molar-refractivity contribution in [3.63, 3.8) is 0 Å². The van der Waals surface area contributed by atoms with Crippen LogP contribution in [0.5, 0.6) is 0 Å². The van der Waals surface area contributed by atoms with E-state index in [9.17, 15) is 19.8 Å². The Morgan fingerprint density at radius 1 is 1.17 bits per heavy atom. The lowest BCUT2D eigenvalue weighted by Gasteiger charge is -2.48.